The van der Waals surface area contributed by atoms with Crippen molar-refractivity contribution in [3.63, 3.8) is 0 Å². The third kappa shape index (κ3) is 4.66. The van der Waals surface area contributed by atoms with Crippen molar-refractivity contribution in [1.82, 2.24) is 4.98 Å². The predicted molar refractivity (Wildman–Crippen MR) is 87.3 cm³/mol. The first-order valence-electron chi connectivity index (χ1n) is 8.18. The number of rotatable bonds is 2. The highest BCUT2D eigenvalue weighted by Gasteiger charge is 2.15. The van der Waals surface area contributed by atoms with E-state index in [1.165, 1.54) is 75.3 Å². The molecule has 0 unspecified atom stereocenters. The molecule has 0 atom stereocenters. The molecule has 1 fully saturated rings. The molecule has 1 aliphatic carbocycles. The average Bonchev–Trinajstić information content (AvgIpc) is 2.52. The minimum absolute atomic E-state index is 0.587. The number of hydrogen-bond donors (Lipinski definition) is 1. The molecular formula is C18H28N2. The lowest BCUT2D eigenvalue weighted by Crippen LogP contribution is -2.04. The summed E-state index contributed by atoms with van der Waals surface area (Å²) in [6.45, 7) is 4.35. The molecule has 2 heteroatoms. The smallest absolute Gasteiger partial charge is 0.123 e. The third-order valence-electron chi connectivity index (χ3n) is 4.51. The Morgan fingerprint density at radius 2 is 1.50 bits per heavy atom. The molecule has 0 bridgehead atoms. The third-order valence-corrected chi connectivity index (χ3v) is 4.51. The van der Waals surface area contributed by atoms with E-state index in [0.717, 1.165) is 0 Å². The quantitative estimate of drug-likeness (QED) is 0.802. The lowest BCUT2D eigenvalue weighted by molar-refractivity contribution is 0.500. The zero-order chi connectivity index (χ0) is 14.2. The molecule has 0 spiro atoms. The Balaban J connectivity index is 1.98. The molecule has 1 heterocycles. The van der Waals surface area contributed by atoms with E-state index in [-0.39, 0.29) is 0 Å². The molecule has 1 aromatic heterocycles. The molecular weight excluding hydrogens is 244 g/mol. The van der Waals surface area contributed by atoms with Crippen LogP contribution in [0.2, 0.25) is 0 Å². The fraction of sp³-hybridized carbons (Fsp3) is 0.611. The summed E-state index contributed by atoms with van der Waals surface area (Å²) in [5.74, 6) is 1.21. The Bertz CT molecular complexity index is 396. The maximum Gasteiger partial charge on any atom is 0.123 e. The van der Waals surface area contributed by atoms with E-state index in [0.29, 0.717) is 11.7 Å². The van der Waals surface area contributed by atoms with Crippen molar-refractivity contribution in [3.05, 3.63) is 30.5 Å². The van der Waals surface area contributed by atoms with E-state index in [2.05, 4.69) is 17.6 Å². The van der Waals surface area contributed by atoms with Crippen LogP contribution in [0.4, 0.5) is 5.82 Å². The SMILES string of the molecule is C=C(c1ccc(N)nc1)C1CCCCCCCCCC1. The van der Waals surface area contributed by atoms with Crippen LogP contribution in [0.3, 0.4) is 0 Å². The van der Waals surface area contributed by atoms with E-state index >= 15 is 0 Å². The van der Waals surface area contributed by atoms with Gasteiger partial charge in [0.05, 0.1) is 0 Å². The summed E-state index contributed by atoms with van der Waals surface area (Å²) < 4.78 is 0. The number of pyridine rings is 1. The van der Waals surface area contributed by atoms with Gasteiger partial charge in [-0.2, -0.15) is 0 Å². The van der Waals surface area contributed by atoms with E-state index in [9.17, 15) is 0 Å². The molecule has 0 radical (unpaired) electrons. The van der Waals surface area contributed by atoms with Crippen LogP contribution in [0.25, 0.3) is 5.57 Å². The van der Waals surface area contributed by atoms with Crippen LogP contribution in [0, 0.1) is 5.92 Å². The van der Waals surface area contributed by atoms with Gasteiger partial charge in [0.1, 0.15) is 5.82 Å². The van der Waals surface area contributed by atoms with Crippen LogP contribution in [-0.2, 0) is 0 Å². The zero-order valence-electron chi connectivity index (χ0n) is 12.6. The van der Waals surface area contributed by atoms with Crippen molar-refractivity contribution >= 4 is 11.4 Å². The molecule has 1 aliphatic rings. The van der Waals surface area contributed by atoms with E-state index in [1.807, 2.05) is 12.3 Å². The second-order valence-corrected chi connectivity index (χ2v) is 6.10. The Morgan fingerprint density at radius 3 is 2.00 bits per heavy atom. The van der Waals surface area contributed by atoms with Gasteiger partial charge in [-0.05, 0) is 42.0 Å². The average molecular weight is 272 g/mol. The lowest BCUT2D eigenvalue weighted by atomic mass is 9.86. The molecule has 1 aromatic rings. The van der Waals surface area contributed by atoms with Gasteiger partial charge in [-0.1, -0.05) is 57.9 Å². The minimum atomic E-state index is 0.587. The summed E-state index contributed by atoms with van der Waals surface area (Å²) in [5.41, 5.74) is 8.09. The highest BCUT2D eigenvalue weighted by atomic mass is 14.8. The van der Waals surface area contributed by atoms with Gasteiger partial charge in [0.2, 0.25) is 0 Å². The van der Waals surface area contributed by atoms with Crippen molar-refractivity contribution < 1.29 is 0 Å². The first-order chi connectivity index (χ1) is 9.77. The molecule has 0 saturated heterocycles. The molecule has 1 saturated carbocycles. The Kier molecular flexibility index (Phi) is 6.10. The maximum absolute atomic E-state index is 5.67. The number of nitrogen functional groups attached to an aromatic ring is 1. The molecule has 2 rings (SSSR count). The van der Waals surface area contributed by atoms with Crippen LogP contribution in [0.15, 0.2) is 24.9 Å². The summed E-state index contributed by atoms with van der Waals surface area (Å²) in [6.07, 6.45) is 15.5. The second kappa shape index (κ2) is 8.08. The van der Waals surface area contributed by atoms with Crippen molar-refractivity contribution in [3.8, 4) is 0 Å². The summed E-state index contributed by atoms with van der Waals surface area (Å²) >= 11 is 0. The number of nitrogens with two attached hydrogens (primary N) is 1. The van der Waals surface area contributed by atoms with Gasteiger partial charge in [0.15, 0.2) is 0 Å². The Hall–Kier alpha value is -1.31. The first-order valence-corrected chi connectivity index (χ1v) is 8.18. The zero-order valence-corrected chi connectivity index (χ0v) is 12.6. The maximum atomic E-state index is 5.67. The number of nitrogens with zero attached hydrogens (tertiary/aromatic N) is 1. The minimum Gasteiger partial charge on any atom is -0.384 e. The molecule has 110 valence electrons. The number of allylic oxidation sites excluding steroid dienone is 1. The van der Waals surface area contributed by atoms with Gasteiger partial charge < -0.3 is 5.73 Å². The van der Waals surface area contributed by atoms with Crippen LogP contribution in [-0.4, -0.2) is 4.98 Å². The van der Waals surface area contributed by atoms with Crippen molar-refractivity contribution in [2.45, 2.75) is 64.2 Å². The van der Waals surface area contributed by atoms with Crippen LogP contribution < -0.4 is 5.73 Å². The van der Waals surface area contributed by atoms with Gasteiger partial charge in [0.25, 0.3) is 0 Å². The molecule has 0 amide bonds. The number of hydrogen-bond acceptors (Lipinski definition) is 2. The fourth-order valence-electron chi connectivity index (χ4n) is 3.17. The van der Waals surface area contributed by atoms with Gasteiger partial charge in [-0.15, -0.1) is 0 Å². The fourth-order valence-corrected chi connectivity index (χ4v) is 3.17. The molecule has 0 aliphatic heterocycles. The van der Waals surface area contributed by atoms with E-state index in [1.54, 1.807) is 0 Å². The van der Waals surface area contributed by atoms with Crippen LogP contribution in [0.5, 0.6) is 0 Å². The van der Waals surface area contributed by atoms with Crippen LogP contribution >= 0.6 is 0 Å². The first kappa shape index (κ1) is 15.1. The standard InChI is InChI=1S/C18H28N2/c1-15(17-12-13-18(19)20-14-17)16-10-8-6-4-2-3-5-7-9-11-16/h12-14,16H,1-11H2,(H2,19,20). The van der Waals surface area contributed by atoms with E-state index in [4.69, 9.17) is 5.73 Å². The van der Waals surface area contributed by atoms with Gasteiger partial charge in [0, 0.05) is 6.20 Å². The highest BCUT2D eigenvalue weighted by molar-refractivity contribution is 5.65. The van der Waals surface area contributed by atoms with E-state index < -0.39 is 0 Å². The Labute approximate surface area is 123 Å². The molecule has 0 aromatic carbocycles. The number of aromatic nitrogens is 1. The molecule has 20 heavy (non-hydrogen) atoms. The molecule has 2 nitrogen and oxygen atoms in total. The summed E-state index contributed by atoms with van der Waals surface area (Å²) in [6, 6.07) is 3.95. The Morgan fingerprint density at radius 1 is 0.950 bits per heavy atom. The van der Waals surface area contributed by atoms with Crippen molar-refractivity contribution in [1.29, 1.82) is 0 Å². The summed E-state index contributed by atoms with van der Waals surface area (Å²) in [4.78, 5) is 4.20. The van der Waals surface area contributed by atoms with Gasteiger partial charge >= 0.3 is 0 Å². The lowest BCUT2D eigenvalue weighted by Gasteiger charge is -2.19. The second-order valence-electron chi connectivity index (χ2n) is 6.10. The summed E-state index contributed by atoms with van der Waals surface area (Å²) in [7, 11) is 0. The monoisotopic (exact) mass is 272 g/mol. The highest BCUT2D eigenvalue weighted by Crippen LogP contribution is 2.31. The molecule has 2 N–H and O–H groups in total. The predicted octanol–water partition coefficient (Wildman–Crippen LogP) is 5.21. The van der Waals surface area contributed by atoms with Crippen LogP contribution in [0.1, 0.15) is 69.8 Å². The number of anilines is 1. The van der Waals surface area contributed by atoms with Gasteiger partial charge in [-0.25, -0.2) is 4.98 Å². The van der Waals surface area contributed by atoms with Gasteiger partial charge in [-0.3, -0.25) is 0 Å². The largest absolute Gasteiger partial charge is 0.384 e. The normalized spacial score (nSPS) is 19.2. The topological polar surface area (TPSA) is 38.9 Å². The van der Waals surface area contributed by atoms with Crippen molar-refractivity contribution in [2.24, 2.45) is 5.92 Å². The summed E-state index contributed by atoms with van der Waals surface area (Å²) in [5, 5.41) is 0. The van der Waals surface area contributed by atoms with Crippen molar-refractivity contribution in [2.75, 3.05) is 5.73 Å².